The van der Waals surface area contributed by atoms with Gasteiger partial charge in [-0.15, -0.1) is 10.2 Å². The SMILES string of the molecule is Brc1nnc(N2CCOc3ccccc3C2)s1. The number of nitrogens with zero attached hydrogens (tertiary/aromatic N) is 3. The second-order valence-electron chi connectivity index (χ2n) is 3.72. The first kappa shape index (κ1) is 11.0. The molecule has 1 aromatic carbocycles. The van der Waals surface area contributed by atoms with Crippen LogP contribution in [0.3, 0.4) is 0 Å². The molecule has 17 heavy (non-hydrogen) atoms. The third-order valence-corrected chi connectivity index (χ3v) is 4.03. The molecular weight excluding hydrogens is 302 g/mol. The van der Waals surface area contributed by atoms with E-state index in [1.54, 1.807) is 11.3 Å². The van der Waals surface area contributed by atoms with E-state index in [0.717, 1.165) is 27.9 Å². The van der Waals surface area contributed by atoms with Gasteiger partial charge in [0, 0.05) is 12.1 Å². The number of aromatic nitrogens is 2. The lowest BCUT2D eigenvalue weighted by Gasteiger charge is -2.17. The van der Waals surface area contributed by atoms with Crippen molar-refractivity contribution in [1.29, 1.82) is 0 Å². The van der Waals surface area contributed by atoms with Crippen LogP contribution in [0, 0.1) is 0 Å². The van der Waals surface area contributed by atoms with E-state index in [-0.39, 0.29) is 0 Å². The summed E-state index contributed by atoms with van der Waals surface area (Å²) in [7, 11) is 0. The third kappa shape index (κ3) is 2.28. The van der Waals surface area contributed by atoms with Crippen LogP contribution in [0.5, 0.6) is 5.75 Å². The highest BCUT2D eigenvalue weighted by Crippen LogP contribution is 2.29. The van der Waals surface area contributed by atoms with Crippen molar-refractivity contribution in [3.05, 3.63) is 33.7 Å². The molecule has 0 unspecified atom stereocenters. The number of anilines is 1. The monoisotopic (exact) mass is 311 g/mol. The van der Waals surface area contributed by atoms with Gasteiger partial charge in [0.2, 0.25) is 5.13 Å². The highest BCUT2D eigenvalue weighted by molar-refractivity contribution is 9.11. The van der Waals surface area contributed by atoms with E-state index in [4.69, 9.17) is 4.74 Å². The van der Waals surface area contributed by atoms with Crippen molar-refractivity contribution in [3.63, 3.8) is 0 Å². The molecular formula is C11H10BrN3OS. The molecule has 2 aromatic rings. The average Bonchev–Trinajstić information content (AvgIpc) is 2.65. The number of hydrogen-bond donors (Lipinski definition) is 0. The normalized spacial score (nSPS) is 15.0. The van der Waals surface area contributed by atoms with Gasteiger partial charge in [0.1, 0.15) is 12.4 Å². The zero-order valence-corrected chi connectivity index (χ0v) is 11.4. The number of fused-ring (bicyclic) bond motifs is 1. The number of hydrogen-bond acceptors (Lipinski definition) is 5. The lowest BCUT2D eigenvalue weighted by atomic mass is 10.2. The molecule has 4 nitrogen and oxygen atoms in total. The zero-order chi connectivity index (χ0) is 11.7. The molecule has 1 aromatic heterocycles. The summed E-state index contributed by atoms with van der Waals surface area (Å²) < 4.78 is 6.52. The van der Waals surface area contributed by atoms with Crippen LogP contribution in [0.15, 0.2) is 28.2 Å². The number of halogens is 1. The molecule has 0 saturated heterocycles. The van der Waals surface area contributed by atoms with Crippen molar-refractivity contribution in [2.75, 3.05) is 18.1 Å². The highest BCUT2D eigenvalue weighted by atomic mass is 79.9. The fourth-order valence-electron chi connectivity index (χ4n) is 1.82. The summed E-state index contributed by atoms with van der Waals surface area (Å²) in [6, 6.07) is 8.12. The minimum absolute atomic E-state index is 0.675. The Balaban J connectivity index is 1.90. The Hall–Kier alpha value is -1.14. The van der Waals surface area contributed by atoms with E-state index in [2.05, 4.69) is 37.1 Å². The minimum Gasteiger partial charge on any atom is -0.491 e. The van der Waals surface area contributed by atoms with Crippen LogP contribution in [0.1, 0.15) is 5.56 Å². The fourth-order valence-corrected chi connectivity index (χ4v) is 2.93. The van der Waals surface area contributed by atoms with Gasteiger partial charge in [0.25, 0.3) is 0 Å². The molecule has 0 N–H and O–H groups in total. The van der Waals surface area contributed by atoms with Crippen LogP contribution in [-0.4, -0.2) is 23.3 Å². The van der Waals surface area contributed by atoms with E-state index in [0.29, 0.717) is 6.61 Å². The summed E-state index contributed by atoms with van der Waals surface area (Å²) in [5.74, 6) is 0.971. The van der Waals surface area contributed by atoms with Crippen molar-refractivity contribution in [1.82, 2.24) is 10.2 Å². The molecule has 88 valence electrons. The van der Waals surface area contributed by atoms with Gasteiger partial charge in [-0.1, -0.05) is 29.5 Å². The smallest absolute Gasteiger partial charge is 0.209 e. The molecule has 0 spiro atoms. The highest BCUT2D eigenvalue weighted by Gasteiger charge is 2.17. The van der Waals surface area contributed by atoms with Crippen LogP contribution in [-0.2, 0) is 6.54 Å². The molecule has 0 radical (unpaired) electrons. The second-order valence-corrected chi connectivity index (χ2v) is 5.95. The van der Waals surface area contributed by atoms with Gasteiger partial charge in [-0.2, -0.15) is 0 Å². The Morgan fingerprint density at radius 2 is 2.18 bits per heavy atom. The molecule has 0 amide bonds. The molecule has 1 aliphatic heterocycles. The lowest BCUT2D eigenvalue weighted by Crippen LogP contribution is -2.25. The summed E-state index contributed by atoms with van der Waals surface area (Å²) in [6.07, 6.45) is 0. The maximum Gasteiger partial charge on any atom is 0.209 e. The van der Waals surface area contributed by atoms with Crippen LogP contribution in [0.4, 0.5) is 5.13 Å². The largest absolute Gasteiger partial charge is 0.491 e. The maximum atomic E-state index is 5.71. The van der Waals surface area contributed by atoms with Crippen molar-refractivity contribution < 1.29 is 4.74 Å². The topological polar surface area (TPSA) is 38.2 Å². The number of para-hydroxylation sites is 1. The van der Waals surface area contributed by atoms with Gasteiger partial charge in [-0.3, -0.25) is 0 Å². The Morgan fingerprint density at radius 1 is 1.29 bits per heavy atom. The van der Waals surface area contributed by atoms with E-state index >= 15 is 0 Å². The van der Waals surface area contributed by atoms with Crippen LogP contribution >= 0.6 is 27.3 Å². The van der Waals surface area contributed by atoms with Gasteiger partial charge >= 0.3 is 0 Å². The third-order valence-electron chi connectivity index (χ3n) is 2.61. The molecule has 2 heterocycles. The maximum absolute atomic E-state index is 5.71. The average molecular weight is 312 g/mol. The van der Waals surface area contributed by atoms with E-state index in [9.17, 15) is 0 Å². The van der Waals surface area contributed by atoms with E-state index in [1.807, 2.05) is 18.2 Å². The predicted molar refractivity (Wildman–Crippen MR) is 70.6 cm³/mol. The molecule has 0 saturated carbocycles. The van der Waals surface area contributed by atoms with Gasteiger partial charge in [-0.25, -0.2) is 0 Å². The Bertz CT molecular complexity index is 531. The van der Waals surface area contributed by atoms with Crippen LogP contribution in [0.2, 0.25) is 0 Å². The van der Waals surface area contributed by atoms with Crippen molar-refractivity contribution in [2.24, 2.45) is 0 Å². The summed E-state index contributed by atoms with van der Waals surface area (Å²) in [4.78, 5) is 2.19. The first-order valence-corrected chi connectivity index (χ1v) is 6.88. The summed E-state index contributed by atoms with van der Waals surface area (Å²) in [5.41, 5.74) is 1.19. The van der Waals surface area contributed by atoms with E-state index < -0.39 is 0 Å². The molecule has 0 atom stereocenters. The predicted octanol–water partition coefficient (Wildman–Crippen LogP) is 2.70. The van der Waals surface area contributed by atoms with Gasteiger partial charge in [0.15, 0.2) is 3.92 Å². The summed E-state index contributed by atoms with van der Waals surface area (Å²) >= 11 is 4.88. The quantitative estimate of drug-likeness (QED) is 0.811. The Morgan fingerprint density at radius 3 is 3.00 bits per heavy atom. The first-order chi connectivity index (χ1) is 8.33. The Kier molecular flexibility index (Phi) is 2.98. The minimum atomic E-state index is 0.675. The molecule has 0 fully saturated rings. The molecule has 0 bridgehead atoms. The Labute approximate surface area is 111 Å². The van der Waals surface area contributed by atoms with Gasteiger partial charge < -0.3 is 9.64 Å². The molecule has 6 heteroatoms. The second kappa shape index (κ2) is 4.62. The van der Waals surface area contributed by atoms with Crippen molar-refractivity contribution in [3.8, 4) is 5.75 Å². The molecule has 0 aliphatic carbocycles. The standard InChI is InChI=1S/C11H10BrN3OS/c12-10-13-14-11(17-10)15-5-6-16-9-4-2-1-3-8(9)7-15/h1-4H,5-7H2. The first-order valence-electron chi connectivity index (χ1n) is 5.27. The zero-order valence-electron chi connectivity index (χ0n) is 8.97. The van der Waals surface area contributed by atoms with Crippen molar-refractivity contribution >= 4 is 32.4 Å². The van der Waals surface area contributed by atoms with Gasteiger partial charge in [-0.05, 0) is 22.0 Å². The van der Waals surface area contributed by atoms with E-state index in [1.165, 1.54) is 5.56 Å². The summed E-state index contributed by atoms with van der Waals surface area (Å²) in [6.45, 7) is 2.32. The number of ether oxygens (including phenoxy) is 1. The van der Waals surface area contributed by atoms with Crippen LogP contribution in [0.25, 0.3) is 0 Å². The van der Waals surface area contributed by atoms with Crippen molar-refractivity contribution in [2.45, 2.75) is 6.54 Å². The molecule has 3 rings (SSSR count). The molecule has 1 aliphatic rings. The van der Waals surface area contributed by atoms with Gasteiger partial charge in [0.05, 0.1) is 6.54 Å². The summed E-state index contributed by atoms with van der Waals surface area (Å²) in [5, 5.41) is 9.06. The lowest BCUT2D eigenvalue weighted by molar-refractivity contribution is 0.331. The fraction of sp³-hybridized carbons (Fsp3) is 0.273. The number of rotatable bonds is 1. The van der Waals surface area contributed by atoms with Crippen LogP contribution < -0.4 is 9.64 Å². The number of benzene rings is 1.